The van der Waals surface area contributed by atoms with Gasteiger partial charge in [0, 0.05) is 5.92 Å². The highest BCUT2D eigenvalue weighted by molar-refractivity contribution is 6.10. The lowest BCUT2D eigenvalue weighted by Gasteiger charge is -2.30. The standard InChI is InChI=1S/C23H23FO5/c1-4-29-23(26)22-18(15-7-10-20(27-2)21(13-15)28-3)11-16(12-19(22)25)14-5-8-17(24)9-6-14/h5-10,12-13,18,22H,4,11H2,1-3H3/t18-,22-/m0/s1. The van der Waals surface area contributed by atoms with Gasteiger partial charge in [-0.2, -0.15) is 0 Å². The van der Waals surface area contributed by atoms with Crippen LogP contribution in [0.5, 0.6) is 11.5 Å². The van der Waals surface area contributed by atoms with E-state index in [9.17, 15) is 14.0 Å². The van der Waals surface area contributed by atoms with E-state index < -0.39 is 17.8 Å². The molecule has 2 atom stereocenters. The molecule has 0 bridgehead atoms. The number of ketones is 1. The minimum Gasteiger partial charge on any atom is -0.493 e. The van der Waals surface area contributed by atoms with Gasteiger partial charge < -0.3 is 14.2 Å². The Morgan fingerprint density at radius 1 is 1.07 bits per heavy atom. The molecular weight excluding hydrogens is 375 g/mol. The maximum Gasteiger partial charge on any atom is 0.317 e. The van der Waals surface area contributed by atoms with Crippen molar-refractivity contribution in [3.63, 3.8) is 0 Å². The number of methoxy groups -OCH3 is 2. The molecule has 0 spiro atoms. The molecule has 0 amide bonds. The SMILES string of the molecule is CCOC(=O)[C@@H]1C(=O)C=C(c2ccc(F)cc2)C[C@H]1c1ccc(OC)c(OC)c1. The molecule has 29 heavy (non-hydrogen) atoms. The Kier molecular flexibility index (Phi) is 6.32. The van der Waals surface area contributed by atoms with Gasteiger partial charge in [-0.05, 0) is 60.4 Å². The Balaban J connectivity index is 2.05. The molecule has 0 fully saturated rings. The number of allylic oxidation sites excluding steroid dienone is 2. The zero-order chi connectivity index (χ0) is 21.0. The third-order valence-corrected chi connectivity index (χ3v) is 5.06. The molecule has 0 radical (unpaired) electrons. The van der Waals surface area contributed by atoms with Crippen molar-refractivity contribution in [3.05, 3.63) is 65.5 Å². The summed E-state index contributed by atoms with van der Waals surface area (Å²) in [7, 11) is 3.07. The van der Waals surface area contributed by atoms with Crippen molar-refractivity contribution in [2.24, 2.45) is 5.92 Å². The molecule has 0 saturated heterocycles. The van der Waals surface area contributed by atoms with E-state index in [2.05, 4.69) is 0 Å². The average Bonchev–Trinajstić information content (AvgIpc) is 2.73. The average molecular weight is 398 g/mol. The van der Waals surface area contributed by atoms with Gasteiger partial charge in [0.1, 0.15) is 11.7 Å². The molecule has 6 heteroatoms. The van der Waals surface area contributed by atoms with Crippen LogP contribution >= 0.6 is 0 Å². The summed E-state index contributed by atoms with van der Waals surface area (Å²) in [6.07, 6.45) is 1.89. The molecule has 152 valence electrons. The zero-order valence-electron chi connectivity index (χ0n) is 16.6. The number of esters is 1. The summed E-state index contributed by atoms with van der Waals surface area (Å²) in [6.45, 7) is 1.90. The number of carbonyl (C=O) groups is 2. The zero-order valence-corrected chi connectivity index (χ0v) is 16.6. The van der Waals surface area contributed by atoms with Crippen molar-refractivity contribution < 1.29 is 28.2 Å². The van der Waals surface area contributed by atoms with Crippen LogP contribution in [0.3, 0.4) is 0 Å². The van der Waals surface area contributed by atoms with Gasteiger partial charge in [0.05, 0.1) is 20.8 Å². The molecule has 0 unspecified atom stereocenters. The monoisotopic (exact) mass is 398 g/mol. The first-order chi connectivity index (χ1) is 14.0. The molecule has 0 aromatic heterocycles. The fourth-order valence-corrected chi connectivity index (χ4v) is 3.64. The molecule has 2 aromatic rings. The van der Waals surface area contributed by atoms with Crippen LogP contribution in [-0.4, -0.2) is 32.6 Å². The Labute approximate surface area is 169 Å². The van der Waals surface area contributed by atoms with Crippen LogP contribution in [0.1, 0.15) is 30.4 Å². The lowest BCUT2D eigenvalue weighted by atomic mass is 9.73. The van der Waals surface area contributed by atoms with Crippen molar-refractivity contribution in [1.29, 1.82) is 0 Å². The quantitative estimate of drug-likeness (QED) is 0.540. The largest absolute Gasteiger partial charge is 0.493 e. The van der Waals surface area contributed by atoms with Crippen LogP contribution in [0.15, 0.2) is 48.5 Å². The van der Waals surface area contributed by atoms with Crippen LogP contribution in [0.4, 0.5) is 4.39 Å². The molecule has 5 nitrogen and oxygen atoms in total. The van der Waals surface area contributed by atoms with Gasteiger partial charge in [-0.3, -0.25) is 9.59 Å². The summed E-state index contributed by atoms with van der Waals surface area (Å²) < 4.78 is 29.1. The Hall–Kier alpha value is -3.15. The highest BCUT2D eigenvalue weighted by atomic mass is 19.1. The number of halogens is 1. The first kappa shape index (κ1) is 20.6. The van der Waals surface area contributed by atoms with Crippen molar-refractivity contribution >= 4 is 17.3 Å². The van der Waals surface area contributed by atoms with Gasteiger partial charge in [0.25, 0.3) is 0 Å². The van der Waals surface area contributed by atoms with E-state index in [1.165, 1.54) is 25.3 Å². The van der Waals surface area contributed by atoms with Crippen LogP contribution in [0, 0.1) is 11.7 Å². The maximum atomic E-state index is 13.3. The summed E-state index contributed by atoms with van der Waals surface area (Å²) in [5.74, 6) is -1.54. The first-order valence-corrected chi connectivity index (χ1v) is 9.37. The summed E-state index contributed by atoms with van der Waals surface area (Å²) in [5.41, 5.74) is 2.25. The summed E-state index contributed by atoms with van der Waals surface area (Å²) in [4.78, 5) is 25.5. The van der Waals surface area contributed by atoms with Crippen molar-refractivity contribution in [1.82, 2.24) is 0 Å². The Morgan fingerprint density at radius 3 is 2.38 bits per heavy atom. The molecule has 0 N–H and O–H groups in total. The second-order valence-corrected chi connectivity index (χ2v) is 6.73. The van der Waals surface area contributed by atoms with Crippen LogP contribution in [-0.2, 0) is 14.3 Å². The summed E-state index contributed by atoms with van der Waals surface area (Å²) in [6, 6.07) is 11.3. The van der Waals surface area contributed by atoms with Crippen molar-refractivity contribution in [3.8, 4) is 11.5 Å². The second-order valence-electron chi connectivity index (χ2n) is 6.73. The van der Waals surface area contributed by atoms with Crippen molar-refractivity contribution in [2.75, 3.05) is 20.8 Å². The maximum absolute atomic E-state index is 13.3. The topological polar surface area (TPSA) is 61.8 Å². The van der Waals surface area contributed by atoms with Gasteiger partial charge in [0.15, 0.2) is 17.3 Å². The molecule has 1 aliphatic carbocycles. The number of hydrogen-bond acceptors (Lipinski definition) is 5. The van der Waals surface area contributed by atoms with Gasteiger partial charge in [0.2, 0.25) is 0 Å². The predicted octanol–water partition coefficient (Wildman–Crippen LogP) is 4.16. The minimum atomic E-state index is -0.947. The predicted molar refractivity (Wildman–Crippen MR) is 106 cm³/mol. The molecule has 3 rings (SSSR count). The number of rotatable bonds is 6. The van der Waals surface area contributed by atoms with Crippen molar-refractivity contribution in [2.45, 2.75) is 19.3 Å². The third kappa shape index (κ3) is 4.31. The lowest BCUT2D eigenvalue weighted by molar-refractivity contribution is -0.151. The summed E-state index contributed by atoms with van der Waals surface area (Å²) >= 11 is 0. The number of ether oxygens (including phenoxy) is 3. The smallest absolute Gasteiger partial charge is 0.317 e. The molecule has 2 aromatic carbocycles. The van der Waals surface area contributed by atoms with E-state index >= 15 is 0 Å². The molecular formula is C23H23FO5. The van der Waals surface area contributed by atoms with E-state index in [-0.39, 0.29) is 18.2 Å². The Morgan fingerprint density at radius 2 is 1.76 bits per heavy atom. The second kappa shape index (κ2) is 8.90. The van der Waals surface area contributed by atoms with E-state index in [0.29, 0.717) is 17.9 Å². The lowest BCUT2D eigenvalue weighted by Crippen LogP contribution is -2.34. The number of carbonyl (C=O) groups excluding carboxylic acids is 2. The molecule has 0 aliphatic heterocycles. The minimum absolute atomic E-state index is 0.190. The first-order valence-electron chi connectivity index (χ1n) is 9.37. The molecule has 0 heterocycles. The third-order valence-electron chi connectivity index (χ3n) is 5.06. The Bertz CT molecular complexity index is 933. The van der Waals surface area contributed by atoms with Crippen LogP contribution in [0.2, 0.25) is 0 Å². The van der Waals surface area contributed by atoms with E-state index in [1.54, 1.807) is 38.3 Å². The fraction of sp³-hybridized carbons (Fsp3) is 0.304. The van der Waals surface area contributed by atoms with E-state index in [1.807, 2.05) is 6.07 Å². The molecule has 1 aliphatic rings. The van der Waals surface area contributed by atoms with Crippen LogP contribution < -0.4 is 9.47 Å². The van der Waals surface area contributed by atoms with Gasteiger partial charge in [-0.1, -0.05) is 18.2 Å². The van der Waals surface area contributed by atoms with Gasteiger partial charge in [-0.25, -0.2) is 4.39 Å². The van der Waals surface area contributed by atoms with Gasteiger partial charge >= 0.3 is 5.97 Å². The van der Waals surface area contributed by atoms with Gasteiger partial charge in [-0.15, -0.1) is 0 Å². The van der Waals surface area contributed by atoms with Crippen LogP contribution in [0.25, 0.3) is 5.57 Å². The fourth-order valence-electron chi connectivity index (χ4n) is 3.64. The highest BCUT2D eigenvalue weighted by Gasteiger charge is 2.40. The number of hydrogen-bond donors (Lipinski definition) is 0. The van der Waals surface area contributed by atoms with E-state index in [0.717, 1.165) is 16.7 Å². The van der Waals surface area contributed by atoms with E-state index in [4.69, 9.17) is 14.2 Å². The number of benzene rings is 2. The summed E-state index contributed by atoms with van der Waals surface area (Å²) in [5, 5.41) is 0. The normalized spacial score (nSPS) is 18.8. The highest BCUT2D eigenvalue weighted by Crippen LogP contribution is 2.42. The molecule has 0 saturated carbocycles.